The molecule has 75 heavy (non-hydrogen) atoms. The Labute approximate surface area is 430 Å². The van der Waals surface area contributed by atoms with Crippen molar-refractivity contribution in [2.45, 2.75) is 36.3 Å². The number of phenols is 1. The highest BCUT2D eigenvalue weighted by Crippen LogP contribution is 2.66. The summed E-state index contributed by atoms with van der Waals surface area (Å²) in [6, 6.07) is 40.9. The van der Waals surface area contributed by atoms with Crippen molar-refractivity contribution in [2.75, 3.05) is 43.1 Å². The number of non-ortho nitro benzene ring substituents is 1. The van der Waals surface area contributed by atoms with Crippen molar-refractivity contribution in [1.29, 1.82) is 0 Å². The molecule has 3 fully saturated rings. The predicted octanol–water partition coefficient (Wildman–Crippen LogP) is 7.85. The summed E-state index contributed by atoms with van der Waals surface area (Å²) in [6.45, 7) is 0.618. The number of aromatic hydroxyl groups is 1. The molecule has 17 nitrogen and oxygen atoms in total. The number of hydrogen-bond donors (Lipinski definition) is 1. The van der Waals surface area contributed by atoms with E-state index in [4.69, 9.17) is 14.2 Å². The smallest absolute Gasteiger partial charge is 0.421 e. The second kappa shape index (κ2) is 19.9. The van der Waals surface area contributed by atoms with Crippen molar-refractivity contribution >= 4 is 41.2 Å². The topological polar surface area (TPSA) is 198 Å². The second-order valence-corrected chi connectivity index (χ2v) is 18.5. The Morgan fingerprint density at radius 2 is 1.40 bits per heavy atom. The van der Waals surface area contributed by atoms with Crippen molar-refractivity contribution < 1.29 is 43.4 Å². The summed E-state index contributed by atoms with van der Waals surface area (Å²) in [4.78, 5) is 89.9. The number of aromatic nitrogens is 2. The molecule has 4 aliphatic heterocycles. The number of carbonyl (C=O) groups is 4. The van der Waals surface area contributed by atoms with Crippen LogP contribution in [0.1, 0.15) is 57.1 Å². The van der Waals surface area contributed by atoms with Crippen molar-refractivity contribution in [1.82, 2.24) is 19.8 Å². The molecule has 1 N–H and O–H groups in total. The van der Waals surface area contributed by atoms with Gasteiger partial charge in [0, 0.05) is 61.8 Å². The number of rotatable bonds is 9. The summed E-state index contributed by atoms with van der Waals surface area (Å²) in [5, 5.41) is 22.3. The van der Waals surface area contributed by atoms with Gasteiger partial charge >= 0.3 is 12.1 Å². The minimum atomic E-state index is -2.12. The Hall–Kier alpha value is -9.40. The molecule has 6 atom stereocenters. The summed E-state index contributed by atoms with van der Waals surface area (Å²) in [7, 11) is 1.57. The van der Waals surface area contributed by atoms with Gasteiger partial charge in [0.1, 0.15) is 35.7 Å². The number of piperazine rings is 1. The Morgan fingerprint density at radius 3 is 2.05 bits per heavy atom. The third-order valence-electron chi connectivity index (χ3n) is 14.5. The first-order valence-corrected chi connectivity index (χ1v) is 24.3. The number of anilines is 2. The van der Waals surface area contributed by atoms with Crippen LogP contribution in [0.5, 0.6) is 11.5 Å². The number of phenolic OH excluding ortho intramolecular Hbond substituents is 1. The summed E-state index contributed by atoms with van der Waals surface area (Å²) < 4.78 is 17.9. The number of morpholine rings is 1. The number of amides is 3. The van der Waals surface area contributed by atoms with E-state index in [1.54, 1.807) is 85.1 Å². The molecule has 0 saturated carbocycles. The minimum absolute atomic E-state index is 0.0687. The molecule has 6 aromatic carbocycles. The number of esters is 1. The van der Waals surface area contributed by atoms with Gasteiger partial charge in [-0.2, -0.15) is 0 Å². The molecule has 0 aliphatic carbocycles. The second-order valence-electron chi connectivity index (χ2n) is 18.5. The molecule has 1 spiro atoms. The molecule has 374 valence electrons. The standard InChI is InChI=1S/C58H47N7O10/c1-73-45-26-17-37(18-27-45)13-14-38-19-28-47-46(35-38)58(55(69)63(47)57(70)74-36-39-15-22-43(23-16-39)65(71)72)48(53(67)61-31-33-62(34-32-61)56-59-29-8-30-60-56)50-54(68)75-51(41-11-6-3-7-12-41)49(40-9-4-2-5-10-40)64(50)52(58)42-20-24-44(66)25-21-42/h2-12,15-30,35,48-52,66H,31-34,36H2,1H3/t48-,49-,50-,51+,52+,58-/m1/s1. The van der Waals surface area contributed by atoms with Gasteiger partial charge in [-0.25, -0.2) is 19.7 Å². The quantitative estimate of drug-likeness (QED) is 0.0635. The lowest BCUT2D eigenvalue weighted by Gasteiger charge is -2.46. The van der Waals surface area contributed by atoms with E-state index in [0.29, 0.717) is 52.6 Å². The number of methoxy groups -OCH3 is 1. The van der Waals surface area contributed by atoms with Gasteiger partial charge in [-0.1, -0.05) is 84.6 Å². The van der Waals surface area contributed by atoms with Crippen LogP contribution in [0, 0.1) is 27.9 Å². The maximum atomic E-state index is 16.7. The molecule has 3 amide bonds. The fraction of sp³-hybridized carbons (Fsp3) is 0.207. The first-order valence-electron chi connectivity index (χ1n) is 24.3. The third kappa shape index (κ3) is 8.60. The lowest BCUT2D eigenvalue weighted by molar-refractivity contribution is -0.384. The number of benzene rings is 6. The lowest BCUT2D eigenvalue weighted by Crippen LogP contribution is -2.59. The van der Waals surface area contributed by atoms with Gasteiger partial charge < -0.3 is 29.1 Å². The van der Waals surface area contributed by atoms with Gasteiger partial charge in [0.15, 0.2) is 0 Å². The molecule has 17 heteroatoms. The number of ether oxygens (including phenoxy) is 3. The summed E-state index contributed by atoms with van der Waals surface area (Å²) in [5.74, 6) is 3.81. The first kappa shape index (κ1) is 47.9. The van der Waals surface area contributed by atoms with Gasteiger partial charge in [-0.3, -0.25) is 29.4 Å². The van der Waals surface area contributed by atoms with Gasteiger partial charge in [0.05, 0.1) is 35.7 Å². The molecule has 1 aromatic heterocycles. The zero-order valence-corrected chi connectivity index (χ0v) is 40.3. The van der Waals surface area contributed by atoms with Crippen LogP contribution in [0.3, 0.4) is 0 Å². The molecule has 0 bridgehead atoms. The van der Waals surface area contributed by atoms with Crippen LogP contribution in [0.15, 0.2) is 170 Å². The highest BCUT2D eigenvalue weighted by molar-refractivity contribution is 6.23. The molecule has 3 saturated heterocycles. The number of carbonyl (C=O) groups excluding carboxylic acids is 4. The number of hydrogen-bond acceptors (Lipinski definition) is 14. The fourth-order valence-corrected chi connectivity index (χ4v) is 11.1. The molecule has 11 rings (SSSR count). The Kier molecular flexibility index (Phi) is 12.7. The Balaban J connectivity index is 1.14. The van der Waals surface area contributed by atoms with E-state index >= 15 is 14.4 Å². The first-order chi connectivity index (χ1) is 36.5. The largest absolute Gasteiger partial charge is 0.508 e. The monoisotopic (exact) mass is 1000 g/mol. The molecule has 4 aliphatic rings. The number of nitro groups is 1. The van der Waals surface area contributed by atoms with Gasteiger partial charge in [0.25, 0.3) is 5.69 Å². The third-order valence-corrected chi connectivity index (χ3v) is 14.5. The van der Waals surface area contributed by atoms with E-state index in [-0.39, 0.29) is 42.4 Å². The van der Waals surface area contributed by atoms with Crippen LogP contribution in [-0.2, 0) is 35.9 Å². The maximum Gasteiger partial charge on any atom is 0.421 e. The number of nitrogens with zero attached hydrogens (tertiary/aromatic N) is 7. The maximum absolute atomic E-state index is 16.7. The van der Waals surface area contributed by atoms with E-state index < -0.39 is 64.4 Å². The number of imide groups is 1. The average Bonchev–Trinajstić information content (AvgIpc) is 4.03. The van der Waals surface area contributed by atoms with E-state index in [2.05, 4.69) is 21.8 Å². The molecule has 0 unspecified atom stereocenters. The minimum Gasteiger partial charge on any atom is -0.508 e. The van der Waals surface area contributed by atoms with Crippen LogP contribution in [0.4, 0.5) is 22.1 Å². The normalized spacial score (nSPS) is 21.9. The van der Waals surface area contributed by atoms with E-state index in [1.165, 1.54) is 36.4 Å². The van der Waals surface area contributed by atoms with Crippen molar-refractivity contribution in [3.63, 3.8) is 0 Å². The summed E-state index contributed by atoms with van der Waals surface area (Å²) >= 11 is 0. The summed E-state index contributed by atoms with van der Waals surface area (Å²) in [5.41, 5.74) is 1.39. The molecular formula is C58H47N7O10. The lowest BCUT2D eigenvalue weighted by atomic mass is 9.65. The highest BCUT2D eigenvalue weighted by Gasteiger charge is 2.76. The Bertz CT molecular complexity index is 3370. The summed E-state index contributed by atoms with van der Waals surface area (Å²) in [6.07, 6.45) is 1.23. The fourth-order valence-electron chi connectivity index (χ4n) is 11.1. The number of nitro benzene ring substituents is 1. The predicted molar refractivity (Wildman–Crippen MR) is 273 cm³/mol. The highest BCUT2D eigenvalue weighted by atomic mass is 16.6. The number of cyclic esters (lactones) is 1. The van der Waals surface area contributed by atoms with Gasteiger partial charge in [-0.15, -0.1) is 0 Å². The van der Waals surface area contributed by atoms with Crippen LogP contribution >= 0.6 is 0 Å². The van der Waals surface area contributed by atoms with Crippen LogP contribution < -0.4 is 14.5 Å². The zero-order chi connectivity index (χ0) is 51.8. The zero-order valence-electron chi connectivity index (χ0n) is 40.3. The van der Waals surface area contributed by atoms with Gasteiger partial charge in [-0.05, 0) is 101 Å². The molecule has 5 heterocycles. The van der Waals surface area contributed by atoms with Crippen LogP contribution in [-0.4, -0.2) is 93.0 Å². The SMILES string of the molecule is COc1ccc(C#Cc2ccc3c(c2)[C@]2(C(=O)N3C(=O)OCc3ccc([N+](=O)[O-])cc3)[C@H](c3ccc(O)cc3)N3[C@H](c4ccccc4)[C@H](c4ccccc4)OC(=O)[C@H]3[C@@H]2C(=O)N2CCN(c3ncccn3)CC2)cc1. The van der Waals surface area contributed by atoms with Crippen LogP contribution in [0.25, 0.3) is 0 Å². The Morgan fingerprint density at radius 1 is 0.760 bits per heavy atom. The van der Waals surface area contributed by atoms with Crippen molar-refractivity contribution in [3.05, 3.63) is 219 Å². The van der Waals surface area contributed by atoms with Crippen molar-refractivity contribution in [2.24, 2.45) is 5.92 Å². The van der Waals surface area contributed by atoms with Crippen LogP contribution in [0.2, 0.25) is 0 Å². The van der Waals surface area contributed by atoms with E-state index in [9.17, 15) is 20.0 Å². The van der Waals surface area contributed by atoms with Gasteiger partial charge in [0.2, 0.25) is 17.8 Å². The molecule has 0 radical (unpaired) electrons. The van der Waals surface area contributed by atoms with E-state index in [1.807, 2.05) is 70.5 Å². The molecule has 7 aromatic rings. The molecular weight excluding hydrogens is 955 g/mol. The van der Waals surface area contributed by atoms with Crippen molar-refractivity contribution in [3.8, 4) is 23.3 Å². The van der Waals surface area contributed by atoms with E-state index in [0.717, 1.165) is 10.5 Å². The number of fused-ring (bicyclic) bond motifs is 3. The average molecular weight is 1000 g/mol.